The average Bonchev–Trinajstić information content (AvgIpc) is 3.08. The summed E-state index contributed by atoms with van der Waals surface area (Å²) in [6.45, 7) is 7.75. The van der Waals surface area contributed by atoms with E-state index in [0.717, 1.165) is 44.0 Å². The van der Waals surface area contributed by atoms with E-state index in [4.69, 9.17) is 9.47 Å². The van der Waals surface area contributed by atoms with Crippen molar-refractivity contribution >= 4 is 29.9 Å². The molecule has 6 heteroatoms. The van der Waals surface area contributed by atoms with Gasteiger partial charge in [-0.3, -0.25) is 4.99 Å². The molecule has 0 bridgehead atoms. The van der Waals surface area contributed by atoms with Crippen LogP contribution < -0.4 is 5.32 Å². The summed E-state index contributed by atoms with van der Waals surface area (Å²) in [5.41, 5.74) is 0. The standard InChI is InChI=1S/C19H37N3O2.HI/c1-4-16-5-7-17(8-6-16)13-21-19(20-2)22-10-9-18(14-22)15-24-12-11-23-3;/h16-18H,4-15H2,1-3H3,(H,20,21);1H. The van der Waals surface area contributed by atoms with Crippen LogP contribution in [0.5, 0.6) is 0 Å². The monoisotopic (exact) mass is 467 g/mol. The van der Waals surface area contributed by atoms with Crippen LogP contribution in [0.2, 0.25) is 0 Å². The SMILES string of the molecule is CCC1CCC(CNC(=NC)N2CCC(COCCOC)C2)CC1.I. The first kappa shape index (κ1) is 23.0. The van der Waals surface area contributed by atoms with E-state index in [1.807, 2.05) is 7.05 Å². The predicted octanol–water partition coefficient (Wildman–Crippen LogP) is 3.38. The van der Waals surface area contributed by atoms with Gasteiger partial charge in [0.1, 0.15) is 0 Å². The van der Waals surface area contributed by atoms with Crippen molar-refractivity contribution in [3.8, 4) is 0 Å². The van der Waals surface area contributed by atoms with Crippen LogP contribution in [-0.4, -0.2) is 64.5 Å². The number of aliphatic imine (C=N–C) groups is 1. The van der Waals surface area contributed by atoms with Gasteiger partial charge in [-0.2, -0.15) is 0 Å². The molecule has 0 aromatic rings. The average molecular weight is 467 g/mol. The number of rotatable bonds is 8. The molecule has 1 atom stereocenters. The molecule has 0 radical (unpaired) electrons. The molecule has 1 unspecified atom stereocenters. The van der Waals surface area contributed by atoms with Crippen LogP contribution in [0.1, 0.15) is 45.4 Å². The summed E-state index contributed by atoms with van der Waals surface area (Å²) in [5.74, 6) is 3.48. The number of hydrogen-bond acceptors (Lipinski definition) is 3. The molecule has 25 heavy (non-hydrogen) atoms. The molecule has 0 aromatic heterocycles. The van der Waals surface area contributed by atoms with E-state index in [2.05, 4.69) is 22.1 Å². The number of ether oxygens (including phenoxy) is 2. The number of nitrogens with zero attached hydrogens (tertiary/aromatic N) is 2. The fraction of sp³-hybridized carbons (Fsp3) is 0.947. The van der Waals surface area contributed by atoms with E-state index in [1.165, 1.54) is 38.5 Å². The summed E-state index contributed by atoms with van der Waals surface area (Å²) < 4.78 is 10.7. The highest BCUT2D eigenvalue weighted by atomic mass is 127. The van der Waals surface area contributed by atoms with E-state index >= 15 is 0 Å². The van der Waals surface area contributed by atoms with Crippen LogP contribution in [-0.2, 0) is 9.47 Å². The first-order valence-electron chi connectivity index (χ1n) is 9.79. The molecular weight excluding hydrogens is 429 g/mol. The van der Waals surface area contributed by atoms with E-state index in [-0.39, 0.29) is 24.0 Å². The summed E-state index contributed by atoms with van der Waals surface area (Å²) in [5, 5.41) is 3.63. The molecule has 1 aliphatic heterocycles. The molecule has 1 N–H and O–H groups in total. The molecule has 1 saturated heterocycles. The van der Waals surface area contributed by atoms with Crippen molar-refractivity contribution in [2.45, 2.75) is 45.4 Å². The molecule has 0 amide bonds. The number of guanidine groups is 1. The van der Waals surface area contributed by atoms with Crippen LogP contribution >= 0.6 is 24.0 Å². The van der Waals surface area contributed by atoms with Crippen molar-refractivity contribution < 1.29 is 9.47 Å². The zero-order valence-corrected chi connectivity index (χ0v) is 18.7. The third-order valence-electron chi connectivity index (χ3n) is 5.68. The lowest BCUT2D eigenvalue weighted by molar-refractivity contribution is 0.0536. The van der Waals surface area contributed by atoms with Gasteiger partial charge in [-0.25, -0.2) is 0 Å². The third kappa shape index (κ3) is 7.99. The van der Waals surface area contributed by atoms with Crippen molar-refractivity contribution in [3.05, 3.63) is 0 Å². The molecule has 148 valence electrons. The highest BCUT2D eigenvalue weighted by Crippen LogP contribution is 2.30. The fourth-order valence-corrected chi connectivity index (χ4v) is 3.97. The molecule has 2 fully saturated rings. The lowest BCUT2D eigenvalue weighted by atomic mass is 9.81. The van der Waals surface area contributed by atoms with Gasteiger partial charge >= 0.3 is 0 Å². The molecular formula is C19H38IN3O2. The molecule has 2 aliphatic rings. The highest BCUT2D eigenvalue weighted by molar-refractivity contribution is 14.0. The van der Waals surface area contributed by atoms with Gasteiger partial charge in [-0.05, 0) is 31.1 Å². The zero-order valence-electron chi connectivity index (χ0n) is 16.3. The van der Waals surface area contributed by atoms with Crippen molar-refractivity contribution in [2.75, 3.05) is 53.6 Å². The lowest BCUT2D eigenvalue weighted by Crippen LogP contribution is -2.42. The summed E-state index contributed by atoms with van der Waals surface area (Å²) in [4.78, 5) is 6.89. The van der Waals surface area contributed by atoms with E-state index in [9.17, 15) is 0 Å². The largest absolute Gasteiger partial charge is 0.382 e. The van der Waals surface area contributed by atoms with Crippen LogP contribution in [0.25, 0.3) is 0 Å². The van der Waals surface area contributed by atoms with Gasteiger partial charge in [0.05, 0.1) is 19.8 Å². The fourth-order valence-electron chi connectivity index (χ4n) is 3.97. The Morgan fingerprint density at radius 3 is 2.44 bits per heavy atom. The Balaban J connectivity index is 0.00000312. The topological polar surface area (TPSA) is 46.1 Å². The first-order valence-corrected chi connectivity index (χ1v) is 9.79. The van der Waals surface area contributed by atoms with Gasteiger partial charge in [0.25, 0.3) is 0 Å². The van der Waals surface area contributed by atoms with Crippen LogP contribution in [0.4, 0.5) is 0 Å². The minimum atomic E-state index is 0. The van der Waals surface area contributed by atoms with Crippen LogP contribution in [0.3, 0.4) is 0 Å². The van der Waals surface area contributed by atoms with Crippen molar-refractivity contribution in [1.82, 2.24) is 10.2 Å². The Morgan fingerprint density at radius 2 is 1.80 bits per heavy atom. The number of likely N-dealkylation sites (tertiary alicyclic amines) is 1. The molecule has 1 aliphatic carbocycles. The van der Waals surface area contributed by atoms with Gasteiger partial charge in [-0.15, -0.1) is 24.0 Å². The lowest BCUT2D eigenvalue weighted by Gasteiger charge is -2.29. The van der Waals surface area contributed by atoms with Gasteiger partial charge < -0.3 is 19.7 Å². The summed E-state index contributed by atoms with van der Waals surface area (Å²) in [7, 11) is 3.61. The Hall–Kier alpha value is -0.0800. The maximum Gasteiger partial charge on any atom is 0.193 e. The van der Waals surface area contributed by atoms with Gasteiger partial charge in [-0.1, -0.05) is 26.2 Å². The van der Waals surface area contributed by atoms with Gasteiger partial charge in [0.2, 0.25) is 0 Å². The second kappa shape index (κ2) is 13.1. The Morgan fingerprint density at radius 1 is 1.08 bits per heavy atom. The van der Waals surface area contributed by atoms with Crippen molar-refractivity contribution in [1.29, 1.82) is 0 Å². The predicted molar refractivity (Wildman–Crippen MR) is 115 cm³/mol. The maximum atomic E-state index is 5.68. The zero-order chi connectivity index (χ0) is 17.2. The second-order valence-electron chi connectivity index (χ2n) is 7.39. The summed E-state index contributed by atoms with van der Waals surface area (Å²) in [6, 6.07) is 0. The molecule has 2 rings (SSSR count). The highest BCUT2D eigenvalue weighted by Gasteiger charge is 2.26. The molecule has 1 heterocycles. The van der Waals surface area contributed by atoms with E-state index in [0.29, 0.717) is 19.1 Å². The maximum absolute atomic E-state index is 5.68. The Bertz CT molecular complexity index is 374. The number of hydrogen-bond donors (Lipinski definition) is 1. The van der Waals surface area contributed by atoms with Crippen molar-refractivity contribution in [2.24, 2.45) is 22.7 Å². The van der Waals surface area contributed by atoms with Crippen LogP contribution in [0.15, 0.2) is 4.99 Å². The Labute approximate surface area is 171 Å². The van der Waals surface area contributed by atoms with Crippen LogP contribution in [0, 0.1) is 17.8 Å². The smallest absolute Gasteiger partial charge is 0.193 e. The van der Waals surface area contributed by atoms with Gasteiger partial charge in [0.15, 0.2) is 5.96 Å². The van der Waals surface area contributed by atoms with Gasteiger partial charge in [0, 0.05) is 39.7 Å². The van der Waals surface area contributed by atoms with E-state index in [1.54, 1.807) is 7.11 Å². The van der Waals surface area contributed by atoms with Crippen molar-refractivity contribution in [3.63, 3.8) is 0 Å². The van der Waals surface area contributed by atoms with E-state index < -0.39 is 0 Å². The quantitative estimate of drug-likeness (QED) is 0.257. The molecule has 0 aromatic carbocycles. The summed E-state index contributed by atoms with van der Waals surface area (Å²) >= 11 is 0. The second-order valence-corrected chi connectivity index (χ2v) is 7.39. The normalized spacial score (nSPS) is 27.2. The first-order chi connectivity index (χ1) is 11.8. The minimum absolute atomic E-state index is 0. The summed E-state index contributed by atoms with van der Waals surface area (Å²) in [6.07, 6.45) is 8.10. The minimum Gasteiger partial charge on any atom is -0.382 e. The third-order valence-corrected chi connectivity index (χ3v) is 5.68. The number of methoxy groups -OCH3 is 1. The Kier molecular flexibility index (Phi) is 12.1. The number of halogens is 1. The number of nitrogens with one attached hydrogen (secondary N) is 1. The molecule has 0 spiro atoms. The molecule has 5 nitrogen and oxygen atoms in total. The molecule has 1 saturated carbocycles.